The molecule has 10 rings (SSSR count). The zero-order chi connectivity index (χ0) is 33.6. The van der Waals surface area contributed by atoms with Crippen LogP contribution in [0.3, 0.4) is 0 Å². The first-order valence-electron chi connectivity index (χ1n) is 17.3. The molecule has 0 amide bonds. The van der Waals surface area contributed by atoms with Crippen molar-refractivity contribution in [2.75, 3.05) is 0 Å². The number of nitrogens with zero attached hydrogens (tertiary/aromatic N) is 4. The van der Waals surface area contributed by atoms with Gasteiger partial charge in [-0.15, -0.1) is 0 Å². The van der Waals surface area contributed by atoms with Crippen LogP contribution in [-0.4, -0.2) is 19.4 Å². The number of hydrogen-bond acceptors (Lipinski definition) is 3. The number of aromatic nitrogens is 4. The quantitative estimate of drug-likeness (QED) is 0.180. The third-order valence-electron chi connectivity index (χ3n) is 10.7. The summed E-state index contributed by atoms with van der Waals surface area (Å²) in [4.78, 5) is 15.0. The van der Waals surface area contributed by atoms with E-state index in [0.29, 0.717) is 0 Å². The second kappa shape index (κ2) is 10.4. The van der Waals surface area contributed by atoms with Crippen LogP contribution in [0.25, 0.3) is 60.9 Å². The molecule has 0 bridgehead atoms. The molecule has 4 nitrogen and oxygen atoms in total. The van der Waals surface area contributed by atoms with Crippen molar-refractivity contribution in [2.24, 2.45) is 0 Å². The number of para-hydroxylation sites is 2. The average molecular weight is 643 g/mol. The standard InChI is InChI=1S/C46H34N4/c1-45(2,3)30-23-25-47-41(28-30)29-12-10-13-31(26-29)46(38-17-6-4-14-34(38)35-15-5-7-18-39(35)46)32-21-22-33-36-16-11-24-48-43(36)50-42-20-9-8-19-40(42)49-44(50)37(33)27-32/h4-28H,1-3H3. The zero-order valence-corrected chi connectivity index (χ0v) is 28.2. The monoisotopic (exact) mass is 642 g/mol. The van der Waals surface area contributed by atoms with Crippen LogP contribution >= 0.6 is 0 Å². The molecule has 1 aliphatic rings. The number of hydrogen-bond donors (Lipinski definition) is 0. The van der Waals surface area contributed by atoms with Gasteiger partial charge >= 0.3 is 0 Å². The smallest absolute Gasteiger partial charge is 0.147 e. The van der Waals surface area contributed by atoms with Gasteiger partial charge in [0.1, 0.15) is 11.3 Å². The number of rotatable bonds is 3. The van der Waals surface area contributed by atoms with Crippen LogP contribution in [-0.2, 0) is 10.8 Å². The summed E-state index contributed by atoms with van der Waals surface area (Å²) in [6.45, 7) is 6.76. The molecule has 0 atom stereocenters. The summed E-state index contributed by atoms with van der Waals surface area (Å²) in [5.41, 5.74) is 14.2. The molecule has 0 saturated heterocycles. The fourth-order valence-electron chi connectivity index (χ4n) is 8.39. The van der Waals surface area contributed by atoms with E-state index >= 15 is 0 Å². The van der Waals surface area contributed by atoms with Crippen LogP contribution in [0, 0.1) is 0 Å². The predicted octanol–water partition coefficient (Wildman–Crippen LogP) is 10.9. The van der Waals surface area contributed by atoms with Gasteiger partial charge in [-0.2, -0.15) is 0 Å². The van der Waals surface area contributed by atoms with Gasteiger partial charge in [-0.05, 0) is 98.3 Å². The van der Waals surface area contributed by atoms with Crippen LogP contribution in [0.5, 0.6) is 0 Å². The number of pyridine rings is 3. The molecule has 1 aliphatic carbocycles. The van der Waals surface area contributed by atoms with Gasteiger partial charge in [-0.3, -0.25) is 9.38 Å². The largest absolute Gasteiger partial charge is 0.276 e. The summed E-state index contributed by atoms with van der Waals surface area (Å²) in [5, 5.41) is 3.36. The molecule has 4 heterocycles. The third-order valence-corrected chi connectivity index (χ3v) is 10.7. The van der Waals surface area contributed by atoms with E-state index in [4.69, 9.17) is 15.0 Å². The zero-order valence-electron chi connectivity index (χ0n) is 28.2. The minimum atomic E-state index is -0.577. The van der Waals surface area contributed by atoms with Gasteiger partial charge in [0.25, 0.3) is 0 Å². The second-order valence-corrected chi connectivity index (χ2v) is 14.5. The topological polar surface area (TPSA) is 43.1 Å². The van der Waals surface area contributed by atoms with Crippen molar-refractivity contribution in [3.8, 4) is 22.4 Å². The van der Waals surface area contributed by atoms with Gasteiger partial charge in [0.2, 0.25) is 0 Å². The Morgan fingerprint density at radius 3 is 2.08 bits per heavy atom. The highest BCUT2D eigenvalue weighted by Crippen LogP contribution is 2.56. The van der Waals surface area contributed by atoms with Crippen LogP contribution in [0.15, 0.2) is 152 Å². The molecule has 0 unspecified atom stereocenters. The summed E-state index contributed by atoms with van der Waals surface area (Å²) in [5.74, 6) is 0. The number of benzene rings is 5. The lowest BCUT2D eigenvalue weighted by Gasteiger charge is -2.34. The molecule has 5 aromatic carbocycles. The molecule has 9 aromatic rings. The Kier molecular flexibility index (Phi) is 6.02. The summed E-state index contributed by atoms with van der Waals surface area (Å²) in [6, 6.07) is 50.8. The lowest BCUT2D eigenvalue weighted by molar-refractivity contribution is 0.589. The Morgan fingerprint density at radius 2 is 1.28 bits per heavy atom. The first kappa shape index (κ1) is 28.8. The van der Waals surface area contributed by atoms with Gasteiger partial charge in [-0.1, -0.05) is 112 Å². The molecular weight excluding hydrogens is 609 g/mol. The summed E-state index contributed by atoms with van der Waals surface area (Å²) in [6.07, 6.45) is 3.82. The predicted molar refractivity (Wildman–Crippen MR) is 205 cm³/mol. The molecule has 4 heteroatoms. The Balaban J connectivity index is 1.32. The molecule has 4 aromatic heterocycles. The minimum Gasteiger partial charge on any atom is -0.276 e. The highest BCUT2D eigenvalue weighted by Gasteiger charge is 2.46. The molecule has 50 heavy (non-hydrogen) atoms. The molecule has 0 aliphatic heterocycles. The van der Waals surface area contributed by atoms with Crippen molar-refractivity contribution in [1.29, 1.82) is 0 Å². The average Bonchev–Trinajstić information content (AvgIpc) is 3.70. The first-order valence-corrected chi connectivity index (χ1v) is 17.3. The third kappa shape index (κ3) is 3.96. The Labute approximate surface area is 290 Å². The fraction of sp³-hybridized carbons (Fsp3) is 0.109. The lowest BCUT2D eigenvalue weighted by atomic mass is 9.67. The van der Waals surface area contributed by atoms with Crippen molar-refractivity contribution >= 4 is 38.5 Å². The molecule has 0 spiro atoms. The van der Waals surface area contributed by atoms with Gasteiger partial charge in [0, 0.05) is 28.7 Å². The van der Waals surface area contributed by atoms with Crippen LogP contribution < -0.4 is 0 Å². The maximum atomic E-state index is 5.24. The van der Waals surface area contributed by atoms with Gasteiger partial charge < -0.3 is 0 Å². The van der Waals surface area contributed by atoms with Gasteiger partial charge in [-0.25, -0.2) is 9.97 Å². The van der Waals surface area contributed by atoms with E-state index in [1.54, 1.807) is 0 Å². The summed E-state index contributed by atoms with van der Waals surface area (Å²) in [7, 11) is 0. The normalized spacial score (nSPS) is 13.7. The summed E-state index contributed by atoms with van der Waals surface area (Å²) >= 11 is 0. The molecule has 0 saturated carbocycles. The van der Waals surface area contributed by atoms with E-state index in [2.05, 4.69) is 159 Å². The maximum Gasteiger partial charge on any atom is 0.147 e. The first-order chi connectivity index (χ1) is 24.4. The Hall–Kier alpha value is -6.13. The molecule has 0 radical (unpaired) electrons. The van der Waals surface area contributed by atoms with Crippen LogP contribution in [0.2, 0.25) is 0 Å². The van der Waals surface area contributed by atoms with E-state index in [1.807, 2.05) is 18.5 Å². The number of fused-ring (bicyclic) bond motifs is 11. The number of imidazole rings is 1. The highest BCUT2D eigenvalue weighted by molar-refractivity contribution is 6.13. The van der Waals surface area contributed by atoms with Crippen molar-refractivity contribution in [1.82, 2.24) is 19.4 Å². The van der Waals surface area contributed by atoms with E-state index in [9.17, 15) is 0 Å². The lowest BCUT2D eigenvalue weighted by Crippen LogP contribution is -2.28. The van der Waals surface area contributed by atoms with Crippen LogP contribution in [0.4, 0.5) is 0 Å². The summed E-state index contributed by atoms with van der Waals surface area (Å²) < 4.78 is 2.23. The van der Waals surface area contributed by atoms with E-state index in [0.717, 1.165) is 49.7 Å². The second-order valence-electron chi connectivity index (χ2n) is 14.5. The SMILES string of the molecule is CC(C)(C)c1ccnc(-c2cccc(C3(c4ccc5c6cccnc6n6c7ccccc7nc6c5c4)c4ccccc4-c4ccccc43)c2)c1. The highest BCUT2D eigenvalue weighted by atomic mass is 15.1. The van der Waals surface area contributed by atoms with Gasteiger partial charge in [0.15, 0.2) is 0 Å². The molecule has 238 valence electrons. The van der Waals surface area contributed by atoms with Crippen molar-refractivity contribution < 1.29 is 0 Å². The Bertz CT molecular complexity index is 2770. The van der Waals surface area contributed by atoms with Crippen molar-refractivity contribution in [2.45, 2.75) is 31.6 Å². The van der Waals surface area contributed by atoms with E-state index in [-0.39, 0.29) is 5.41 Å². The molecular formula is C46H34N4. The van der Waals surface area contributed by atoms with E-state index in [1.165, 1.54) is 38.9 Å². The van der Waals surface area contributed by atoms with E-state index < -0.39 is 5.41 Å². The molecule has 0 N–H and O–H groups in total. The fourth-order valence-corrected chi connectivity index (χ4v) is 8.39. The van der Waals surface area contributed by atoms with Crippen molar-refractivity contribution in [3.63, 3.8) is 0 Å². The minimum absolute atomic E-state index is 0.0215. The van der Waals surface area contributed by atoms with Gasteiger partial charge in [0.05, 0.1) is 22.1 Å². The Morgan fingerprint density at radius 1 is 0.540 bits per heavy atom. The molecule has 0 fully saturated rings. The van der Waals surface area contributed by atoms with Crippen LogP contribution in [0.1, 0.15) is 48.6 Å². The van der Waals surface area contributed by atoms with Crippen molar-refractivity contribution in [3.05, 3.63) is 180 Å². The maximum absolute atomic E-state index is 5.24.